The van der Waals surface area contributed by atoms with Crippen molar-refractivity contribution in [1.29, 1.82) is 0 Å². The molecular weight excluding hydrogens is 495 g/mol. The zero-order valence-corrected chi connectivity index (χ0v) is 19.0. The Hall–Kier alpha value is -4.77. The number of ether oxygens (including phenoxy) is 1. The van der Waals surface area contributed by atoms with Gasteiger partial charge < -0.3 is 10.1 Å². The number of rotatable bonds is 7. The zero-order valence-electron chi connectivity index (χ0n) is 18.2. The van der Waals surface area contributed by atoms with Crippen LogP contribution in [0.25, 0.3) is 6.08 Å². The molecule has 0 aromatic heterocycles. The first-order valence-electron chi connectivity index (χ1n) is 10.3. The first-order valence-corrected chi connectivity index (χ1v) is 10.7. The molecule has 3 amide bonds. The number of nitrogens with one attached hydrogen (secondary N) is 2. The smallest absolute Gasteiger partial charge is 0.313 e. The van der Waals surface area contributed by atoms with E-state index in [-0.39, 0.29) is 21.9 Å². The average molecular weight is 511 g/mol. The molecule has 1 heterocycles. The van der Waals surface area contributed by atoms with Crippen molar-refractivity contribution < 1.29 is 28.4 Å². The maximum Gasteiger partial charge on any atom is 0.313 e. The third-order valence-corrected chi connectivity index (χ3v) is 5.22. The van der Waals surface area contributed by atoms with Crippen LogP contribution in [0.1, 0.15) is 5.56 Å². The van der Waals surface area contributed by atoms with Crippen molar-refractivity contribution in [1.82, 2.24) is 5.43 Å². The predicted octanol–water partition coefficient (Wildman–Crippen LogP) is 3.87. The molecule has 0 unspecified atom stereocenters. The summed E-state index contributed by atoms with van der Waals surface area (Å²) in [6.45, 7) is -0.620. The van der Waals surface area contributed by atoms with Crippen molar-refractivity contribution in [2.24, 2.45) is 0 Å². The summed E-state index contributed by atoms with van der Waals surface area (Å²) in [4.78, 5) is 48.2. The van der Waals surface area contributed by atoms with E-state index in [2.05, 4.69) is 10.7 Å². The van der Waals surface area contributed by atoms with Crippen LogP contribution in [0.3, 0.4) is 0 Å². The van der Waals surface area contributed by atoms with Crippen LogP contribution >= 0.6 is 11.6 Å². The van der Waals surface area contributed by atoms with Crippen LogP contribution in [0.15, 0.2) is 72.3 Å². The van der Waals surface area contributed by atoms with Gasteiger partial charge in [0.25, 0.3) is 17.7 Å². The minimum atomic E-state index is -0.770. The Morgan fingerprint density at radius 1 is 1.14 bits per heavy atom. The molecule has 3 aromatic carbocycles. The van der Waals surface area contributed by atoms with Gasteiger partial charge >= 0.3 is 5.69 Å². The fraction of sp³-hybridized carbons (Fsp3) is 0.0417. The van der Waals surface area contributed by atoms with Crippen LogP contribution in [0.4, 0.5) is 21.5 Å². The van der Waals surface area contributed by atoms with Gasteiger partial charge in [0, 0.05) is 11.8 Å². The first-order chi connectivity index (χ1) is 17.2. The number of anilines is 2. The second-order valence-electron chi connectivity index (χ2n) is 7.43. The second-order valence-corrected chi connectivity index (χ2v) is 7.83. The van der Waals surface area contributed by atoms with Crippen LogP contribution in [0.2, 0.25) is 5.02 Å². The van der Waals surface area contributed by atoms with E-state index in [1.165, 1.54) is 24.3 Å². The van der Waals surface area contributed by atoms with Gasteiger partial charge in [0.15, 0.2) is 6.61 Å². The molecule has 0 saturated carbocycles. The minimum Gasteiger partial charge on any atom is -0.476 e. The summed E-state index contributed by atoms with van der Waals surface area (Å²) in [5.41, 5.74) is 2.44. The normalized spacial score (nSPS) is 14.1. The van der Waals surface area contributed by atoms with Crippen LogP contribution < -0.4 is 20.5 Å². The molecule has 0 aliphatic carbocycles. The summed E-state index contributed by atoms with van der Waals surface area (Å²) in [5.74, 6) is -2.85. The van der Waals surface area contributed by atoms with Crippen molar-refractivity contribution in [2.75, 3.05) is 16.9 Å². The van der Waals surface area contributed by atoms with Crippen LogP contribution in [0, 0.1) is 15.9 Å². The minimum absolute atomic E-state index is 0.100. The highest BCUT2D eigenvalue weighted by Crippen LogP contribution is 2.37. The molecular formula is C24H16ClFN4O6. The molecule has 0 radical (unpaired) electrons. The van der Waals surface area contributed by atoms with E-state index in [0.29, 0.717) is 11.4 Å². The van der Waals surface area contributed by atoms with E-state index in [0.717, 1.165) is 23.2 Å². The molecule has 36 heavy (non-hydrogen) atoms. The van der Waals surface area contributed by atoms with Gasteiger partial charge in [-0.05, 0) is 54.1 Å². The molecule has 1 fully saturated rings. The number of amides is 3. The maximum atomic E-state index is 13.0. The summed E-state index contributed by atoms with van der Waals surface area (Å²) in [7, 11) is 0. The van der Waals surface area contributed by atoms with Gasteiger partial charge in [-0.25, -0.2) is 9.40 Å². The molecule has 1 aliphatic rings. The van der Waals surface area contributed by atoms with Gasteiger partial charge in [-0.2, -0.15) is 0 Å². The van der Waals surface area contributed by atoms with E-state index in [9.17, 15) is 28.9 Å². The van der Waals surface area contributed by atoms with Gasteiger partial charge in [0.2, 0.25) is 5.75 Å². The first kappa shape index (κ1) is 24.4. The molecule has 0 spiro atoms. The third-order valence-electron chi connectivity index (χ3n) is 4.94. The predicted molar refractivity (Wildman–Crippen MR) is 129 cm³/mol. The Labute approximate surface area is 208 Å². The standard InChI is InChI=1S/C24H16ClFN4O6/c25-19-11-14(10-18-23(32)28-29(24(18)33)17-4-2-1-3-5-17)12-20(30(34)35)22(19)36-13-21(31)27-16-8-6-15(26)7-9-16/h1-12H,13H2,(H,27,31)(H,28,32)/b18-10-. The molecule has 0 atom stereocenters. The Morgan fingerprint density at radius 2 is 1.83 bits per heavy atom. The lowest BCUT2D eigenvalue weighted by Gasteiger charge is -2.13. The summed E-state index contributed by atoms with van der Waals surface area (Å²) < 4.78 is 18.3. The van der Waals surface area contributed by atoms with Crippen molar-refractivity contribution in [3.63, 3.8) is 0 Å². The lowest BCUT2D eigenvalue weighted by molar-refractivity contribution is -0.385. The highest BCUT2D eigenvalue weighted by molar-refractivity contribution is 6.33. The molecule has 3 aromatic rings. The number of para-hydroxylation sites is 1. The van der Waals surface area contributed by atoms with Gasteiger partial charge in [-0.15, -0.1) is 0 Å². The van der Waals surface area contributed by atoms with Crippen LogP contribution in [-0.2, 0) is 14.4 Å². The number of benzene rings is 3. The van der Waals surface area contributed by atoms with Crippen molar-refractivity contribution in [3.8, 4) is 5.75 Å². The van der Waals surface area contributed by atoms with E-state index < -0.39 is 40.8 Å². The Morgan fingerprint density at radius 3 is 2.50 bits per heavy atom. The SMILES string of the molecule is O=C(COc1c(Cl)cc(/C=C2/C(=O)NN(c3ccccc3)C2=O)cc1[N+](=O)[O-])Nc1ccc(F)cc1. The number of carbonyl (C=O) groups is 3. The summed E-state index contributed by atoms with van der Waals surface area (Å²) in [6.07, 6.45) is 1.17. The van der Waals surface area contributed by atoms with Gasteiger partial charge in [-0.1, -0.05) is 29.8 Å². The molecule has 10 nitrogen and oxygen atoms in total. The Bertz CT molecular complexity index is 1400. The highest BCUT2D eigenvalue weighted by Gasteiger charge is 2.34. The second kappa shape index (κ2) is 10.2. The van der Waals surface area contributed by atoms with Gasteiger partial charge in [0.05, 0.1) is 15.6 Å². The molecule has 0 bridgehead atoms. The molecule has 1 saturated heterocycles. The monoisotopic (exact) mass is 510 g/mol. The van der Waals surface area contributed by atoms with Gasteiger partial charge in [-0.3, -0.25) is 29.9 Å². The molecule has 182 valence electrons. The van der Waals surface area contributed by atoms with Crippen LogP contribution in [0.5, 0.6) is 5.75 Å². The topological polar surface area (TPSA) is 131 Å². The lowest BCUT2D eigenvalue weighted by atomic mass is 10.1. The van der Waals surface area contributed by atoms with Crippen molar-refractivity contribution in [2.45, 2.75) is 0 Å². The lowest BCUT2D eigenvalue weighted by Crippen LogP contribution is -2.35. The van der Waals surface area contributed by atoms with E-state index in [1.54, 1.807) is 30.3 Å². The average Bonchev–Trinajstić information content (AvgIpc) is 3.13. The van der Waals surface area contributed by atoms with E-state index >= 15 is 0 Å². The third kappa shape index (κ3) is 5.31. The summed E-state index contributed by atoms with van der Waals surface area (Å²) in [6, 6.07) is 15.7. The molecule has 4 rings (SSSR count). The maximum absolute atomic E-state index is 13.0. The number of halogens is 2. The number of nitro benzene ring substituents is 1. The molecule has 2 N–H and O–H groups in total. The van der Waals surface area contributed by atoms with Crippen molar-refractivity contribution in [3.05, 3.63) is 98.8 Å². The Balaban J connectivity index is 1.54. The molecule has 1 aliphatic heterocycles. The number of hydrogen-bond acceptors (Lipinski definition) is 6. The number of carbonyl (C=O) groups excluding carboxylic acids is 3. The number of hydrogen-bond donors (Lipinski definition) is 2. The van der Waals surface area contributed by atoms with E-state index in [1.807, 2.05) is 0 Å². The summed E-state index contributed by atoms with van der Waals surface area (Å²) >= 11 is 6.19. The fourth-order valence-corrected chi connectivity index (χ4v) is 3.59. The summed E-state index contributed by atoms with van der Waals surface area (Å²) in [5, 5.41) is 15.0. The highest BCUT2D eigenvalue weighted by atomic mass is 35.5. The molecule has 12 heteroatoms. The van der Waals surface area contributed by atoms with Crippen LogP contribution in [-0.4, -0.2) is 29.3 Å². The van der Waals surface area contributed by atoms with Gasteiger partial charge in [0.1, 0.15) is 11.4 Å². The largest absolute Gasteiger partial charge is 0.476 e. The van der Waals surface area contributed by atoms with E-state index in [4.69, 9.17) is 16.3 Å². The number of hydrazine groups is 1. The number of nitrogens with zero attached hydrogens (tertiary/aromatic N) is 2. The quantitative estimate of drug-likeness (QED) is 0.215. The van der Waals surface area contributed by atoms with Crippen molar-refractivity contribution >= 4 is 52.5 Å². The Kier molecular flexibility index (Phi) is 6.93. The fourth-order valence-electron chi connectivity index (χ4n) is 3.31. The number of nitro groups is 1. The zero-order chi connectivity index (χ0) is 25.8.